The maximum absolute atomic E-state index is 12.3. The minimum atomic E-state index is -3.31. The van der Waals surface area contributed by atoms with Gasteiger partial charge in [0.05, 0.1) is 40.8 Å². The number of sulfone groups is 1. The molecule has 0 fully saturated rings. The number of benzene rings is 3. The molecule has 1 N–H and O–H groups in total. The van der Waals surface area contributed by atoms with Crippen LogP contribution in [-0.4, -0.2) is 41.4 Å². The van der Waals surface area contributed by atoms with E-state index in [0.717, 1.165) is 5.56 Å². The summed E-state index contributed by atoms with van der Waals surface area (Å²) in [5.74, 6) is 0.368. The number of hydrogen-bond acceptors (Lipinski definition) is 6. The second kappa shape index (κ2) is 10.3. The topological polar surface area (TPSA) is 94.3 Å². The van der Waals surface area contributed by atoms with Crippen molar-refractivity contribution < 1.29 is 18.3 Å². The van der Waals surface area contributed by atoms with E-state index in [0.29, 0.717) is 55.6 Å². The van der Waals surface area contributed by atoms with Crippen LogP contribution in [0.15, 0.2) is 84.1 Å². The Hall–Kier alpha value is -3.43. The first kappa shape index (κ1) is 27.1. The molecule has 0 bridgehead atoms. The number of methoxy groups -OCH3 is 1. The summed E-state index contributed by atoms with van der Waals surface area (Å²) in [6.07, 6.45) is 4.79. The van der Waals surface area contributed by atoms with Gasteiger partial charge in [-0.15, -0.1) is 0 Å². The van der Waals surface area contributed by atoms with E-state index in [-0.39, 0.29) is 4.90 Å². The van der Waals surface area contributed by atoms with E-state index in [4.69, 9.17) is 27.9 Å². The van der Waals surface area contributed by atoms with Crippen LogP contribution in [0.4, 0.5) is 0 Å². The third-order valence-corrected chi connectivity index (χ3v) is 8.58. The van der Waals surface area contributed by atoms with E-state index in [1.807, 2.05) is 13.1 Å². The molecule has 2 heterocycles. The molecule has 0 amide bonds. The average molecular weight is 583 g/mol. The average Bonchev–Trinajstić information content (AvgIpc) is 3.36. The standard InChI is InChI=1S/C29H25Cl2N3O4S/c1-34-17-32-16-26(34)29(35,19-6-9-21(30)10-7-19)20-8-13-25-23(15-20)27(31)24(28(33-25)38-2)14-18-4-11-22(12-5-18)39(3,36)37/h4-13,15-17,35H,14H2,1-3H3. The van der Waals surface area contributed by atoms with Gasteiger partial charge in [0.1, 0.15) is 0 Å². The zero-order valence-electron chi connectivity index (χ0n) is 21.4. The molecule has 0 spiro atoms. The van der Waals surface area contributed by atoms with Crippen LogP contribution in [0.2, 0.25) is 10.0 Å². The van der Waals surface area contributed by atoms with Crippen LogP contribution in [0.3, 0.4) is 0 Å². The van der Waals surface area contributed by atoms with Crippen LogP contribution in [-0.2, 0) is 28.9 Å². The molecule has 0 aliphatic rings. The van der Waals surface area contributed by atoms with Crippen molar-refractivity contribution in [3.8, 4) is 5.88 Å². The highest BCUT2D eigenvalue weighted by atomic mass is 35.5. The van der Waals surface area contributed by atoms with Gasteiger partial charge in [-0.1, -0.05) is 53.5 Å². The minimum absolute atomic E-state index is 0.238. The summed E-state index contributed by atoms with van der Waals surface area (Å²) < 4.78 is 31.1. The summed E-state index contributed by atoms with van der Waals surface area (Å²) in [6.45, 7) is 0. The zero-order chi connectivity index (χ0) is 27.9. The van der Waals surface area contributed by atoms with Crippen molar-refractivity contribution in [2.45, 2.75) is 16.9 Å². The molecule has 3 aromatic carbocycles. The molecule has 0 saturated heterocycles. The van der Waals surface area contributed by atoms with Gasteiger partial charge in [-0.05, 0) is 53.1 Å². The predicted octanol–water partition coefficient (Wildman–Crippen LogP) is 5.56. The van der Waals surface area contributed by atoms with Crippen molar-refractivity contribution in [1.82, 2.24) is 14.5 Å². The second-order valence-corrected chi connectivity index (χ2v) is 12.2. The number of aliphatic hydroxyl groups is 1. The smallest absolute Gasteiger partial charge is 0.218 e. The highest BCUT2D eigenvalue weighted by Gasteiger charge is 2.37. The molecule has 0 aliphatic carbocycles. The highest BCUT2D eigenvalue weighted by Crippen LogP contribution is 2.41. The Morgan fingerprint density at radius 1 is 1.00 bits per heavy atom. The lowest BCUT2D eigenvalue weighted by Crippen LogP contribution is -2.31. The fraction of sp³-hybridized carbons (Fsp3) is 0.172. The lowest BCUT2D eigenvalue weighted by molar-refractivity contribution is 0.117. The summed E-state index contributed by atoms with van der Waals surface area (Å²) in [5.41, 5.74) is 2.26. The summed E-state index contributed by atoms with van der Waals surface area (Å²) in [5, 5.41) is 13.9. The van der Waals surface area contributed by atoms with Crippen molar-refractivity contribution in [3.05, 3.63) is 117 Å². The lowest BCUT2D eigenvalue weighted by atomic mass is 9.83. The third kappa shape index (κ3) is 5.01. The number of ether oxygens (including phenoxy) is 1. The molecule has 5 rings (SSSR count). The minimum Gasteiger partial charge on any atom is -0.481 e. The van der Waals surface area contributed by atoms with Crippen LogP contribution in [0.1, 0.15) is 27.9 Å². The fourth-order valence-electron chi connectivity index (χ4n) is 4.71. The van der Waals surface area contributed by atoms with Gasteiger partial charge in [-0.2, -0.15) is 0 Å². The van der Waals surface area contributed by atoms with Gasteiger partial charge >= 0.3 is 0 Å². The molecule has 5 aromatic rings. The van der Waals surface area contributed by atoms with Crippen molar-refractivity contribution in [2.75, 3.05) is 13.4 Å². The quantitative estimate of drug-likeness (QED) is 0.270. The maximum Gasteiger partial charge on any atom is 0.218 e. The third-order valence-electron chi connectivity index (χ3n) is 6.77. The van der Waals surface area contributed by atoms with E-state index in [1.54, 1.807) is 77.8 Å². The largest absolute Gasteiger partial charge is 0.481 e. The number of imidazole rings is 1. The number of nitrogens with zero attached hydrogens (tertiary/aromatic N) is 3. The molecule has 7 nitrogen and oxygen atoms in total. The number of aryl methyl sites for hydroxylation is 1. The SMILES string of the molecule is COc1nc2ccc(C(O)(c3ccc(Cl)cc3)c3cncn3C)cc2c(Cl)c1Cc1ccc(S(C)(=O)=O)cc1. The monoisotopic (exact) mass is 581 g/mol. The Kier molecular flexibility index (Phi) is 7.15. The van der Waals surface area contributed by atoms with Gasteiger partial charge in [-0.3, -0.25) is 0 Å². The number of rotatable bonds is 7. The first-order chi connectivity index (χ1) is 18.5. The molecule has 10 heteroatoms. The van der Waals surface area contributed by atoms with E-state index in [1.165, 1.54) is 13.4 Å². The molecular weight excluding hydrogens is 557 g/mol. The number of aromatic nitrogens is 3. The van der Waals surface area contributed by atoms with Gasteiger partial charge in [-0.25, -0.2) is 18.4 Å². The molecule has 0 aliphatic heterocycles. The lowest BCUT2D eigenvalue weighted by Gasteiger charge is -2.30. The summed E-state index contributed by atoms with van der Waals surface area (Å²) in [6, 6.07) is 19.0. The van der Waals surface area contributed by atoms with Crippen LogP contribution < -0.4 is 4.74 Å². The Balaban J connectivity index is 1.66. The van der Waals surface area contributed by atoms with Crippen LogP contribution in [0.5, 0.6) is 5.88 Å². The zero-order valence-corrected chi connectivity index (χ0v) is 23.7. The van der Waals surface area contributed by atoms with Gasteiger partial charge in [0, 0.05) is 35.7 Å². The fourth-order valence-corrected chi connectivity index (χ4v) is 5.76. The van der Waals surface area contributed by atoms with E-state index in [9.17, 15) is 13.5 Å². The number of hydrogen-bond donors (Lipinski definition) is 1. The first-order valence-corrected chi connectivity index (χ1v) is 14.6. The molecule has 1 atom stereocenters. The molecule has 1 unspecified atom stereocenters. The van der Waals surface area contributed by atoms with Gasteiger partial charge in [0.15, 0.2) is 15.4 Å². The molecule has 2 aromatic heterocycles. The summed E-state index contributed by atoms with van der Waals surface area (Å²) in [7, 11) is 0.0324. The van der Waals surface area contributed by atoms with E-state index in [2.05, 4.69) is 9.97 Å². The number of halogens is 2. The van der Waals surface area contributed by atoms with Crippen molar-refractivity contribution in [1.29, 1.82) is 0 Å². The Bertz CT molecular complexity index is 1790. The second-order valence-electron chi connectivity index (χ2n) is 9.35. The Labute approximate surface area is 236 Å². The van der Waals surface area contributed by atoms with Crippen molar-refractivity contribution in [3.63, 3.8) is 0 Å². The number of fused-ring (bicyclic) bond motifs is 1. The Morgan fingerprint density at radius 2 is 1.67 bits per heavy atom. The van der Waals surface area contributed by atoms with Gasteiger partial charge in [0.2, 0.25) is 5.88 Å². The molecule has 200 valence electrons. The maximum atomic E-state index is 12.3. The van der Waals surface area contributed by atoms with Crippen LogP contribution in [0.25, 0.3) is 10.9 Å². The number of pyridine rings is 1. The predicted molar refractivity (Wildman–Crippen MR) is 152 cm³/mol. The summed E-state index contributed by atoms with van der Waals surface area (Å²) in [4.78, 5) is 9.14. The van der Waals surface area contributed by atoms with Crippen LogP contribution in [0, 0.1) is 0 Å². The highest BCUT2D eigenvalue weighted by molar-refractivity contribution is 7.90. The van der Waals surface area contributed by atoms with Crippen LogP contribution >= 0.6 is 23.2 Å². The Morgan fingerprint density at radius 3 is 2.26 bits per heavy atom. The normalized spacial score (nSPS) is 13.4. The summed E-state index contributed by atoms with van der Waals surface area (Å²) >= 11 is 13.1. The van der Waals surface area contributed by atoms with E-state index < -0.39 is 15.4 Å². The molecular formula is C29H25Cl2N3O4S. The van der Waals surface area contributed by atoms with E-state index >= 15 is 0 Å². The molecule has 39 heavy (non-hydrogen) atoms. The molecule has 0 radical (unpaired) electrons. The molecule has 0 saturated carbocycles. The van der Waals surface area contributed by atoms with Crippen molar-refractivity contribution >= 4 is 43.9 Å². The van der Waals surface area contributed by atoms with Crippen molar-refractivity contribution in [2.24, 2.45) is 7.05 Å². The first-order valence-electron chi connectivity index (χ1n) is 11.9. The van der Waals surface area contributed by atoms with Gasteiger partial charge in [0.25, 0.3) is 0 Å². The van der Waals surface area contributed by atoms with Gasteiger partial charge < -0.3 is 14.4 Å².